The molecule has 32 heavy (non-hydrogen) atoms. The number of imidazole rings is 1. The molecule has 0 saturated carbocycles. The van der Waals surface area contributed by atoms with Gasteiger partial charge >= 0.3 is 0 Å². The molecule has 0 radical (unpaired) electrons. The maximum atomic E-state index is 12.3. The van der Waals surface area contributed by atoms with Crippen LogP contribution in [-0.4, -0.2) is 27.4 Å². The van der Waals surface area contributed by atoms with Crippen molar-refractivity contribution in [2.45, 2.75) is 13.3 Å². The zero-order chi connectivity index (χ0) is 22.5. The fraction of sp³-hybridized carbons (Fsp3) is 0.125. The number of amides is 1. The number of rotatable bonds is 7. The molecule has 2 aromatic heterocycles. The number of halogens is 2. The van der Waals surface area contributed by atoms with Gasteiger partial charge in [-0.3, -0.25) is 9.78 Å². The maximum Gasteiger partial charge on any atom is 0.251 e. The molecule has 0 aliphatic heterocycles. The third-order valence-corrected chi connectivity index (χ3v) is 5.07. The second-order valence-electron chi connectivity index (χ2n) is 7.21. The number of ether oxygens (including phenoxy) is 1. The highest BCUT2D eigenvalue weighted by Crippen LogP contribution is 2.25. The molecule has 0 bridgehead atoms. The van der Waals surface area contributed by atoms with E-state index in [9.17, 15) is 4.79 Å². The van der Waals surface area contributed by atoms with Gasteiger partial charge in [-0.2, -0.15) is 0 Å². The first-order valence-corrected chi connectivity index (χ1v) is 10.7. The Kier molecular flexibility index (Phi) is 6.73. The van der Waals surface area contributed by atoms with Crippen molar-refractivity contribution in [3.05, 3.63) is 93.9 Å². The van der Waals surface area contributed by atoms with E-state index in [0.29, 0.717) is 51.6 Å². The topological polar surface area (TPSA) is 79.9 Å². The van der Waals surface area contributed by atoms with Crippen LogP contribution < -0.4 is 10.1 Å². The second kappa shape index (κ2) is 9.85. The minimum Gasteiger partial charge on any atom is -0.457 e. The van der Waals surface area contributed by atoms with Crippen molar-refractivity contribution in [1.29, 1.82) is 0 Å². The number of benzene rings is 2. The zero-order valence-corrected chi connectivity index (χ0v) is 18.7. The SMILES string of the molecule is Cc1cnc(-c2cc(Oc3cccc(CCNC(=O)c4cc(Cl)cc(Cl)c4)c3)ccn2)[nH]1. The summed E-state index contributed by atoms with van der Waals surface area (Å²) in [5.41, 5.74) is 3.13. The van der Waals surface area contributed by atoms with Crippen LogP contribution >= 0.6 is 23.2 Å². The number of nitrogens with one attached hydrogen (secondary N) is 2. The Morgan fingerprint density at radius 1 is 1.03 bits per heavy atom. The van der Waals surface area contributed by atoms with E-state index in [4.69, 9.17) is 27.9 Å². The van der Waals surface area contributed by atoms with Gasteiger partial charge in [0.15, 0.2) is 5.82 Å². The third-order valence-electron chi connectivity index (χ3n) is 4.64. The number of carbonyl (C=O) groups is 1. The van der Waals surface area contributed by atoms with Crippen molar-refractivity contribution in [3.8, 4) is 23.0 Å². The molecule has 0 aliphatic carbocycles. The van der Waals surface area contributed by atoms with Gasteiger partial charge in [0, 0.05) is 46.3 Å². The van der Waals surface area contributed by atoms with E-state index in [1.807, 2.05) is 37.3 Å². The summed E-state index contributed by atoms with van der Waals surface area (Å²) < 4.78 is 6.01. The Balaban J connectivity index is 1.37. The molecule has 6 nitrogen and oxygen atoms in total. The highest BCUT2D eigenvalue weighted by molar-refractivity contribution is 6.35. The van der Waals surface area contributed by atoms with Gasteiger partial charge in [-0.15, -0.1) is 0 Å². The van der Waals surface area contributed by atoms with Crippen molar-refractivity contribution in [1.82, 2.24) is 20.3 Å². The number of aromatic nitrogens is 3. The second-order valence-corrected chi connectivity index (χ2v) is 8.08. The number of aryl methyl sites for hydroxylation is 1. The van der Waals surface area contributed by atoms with Crippen LogP contribution in [0.15, 0.2) is 67.0 Å². The number of H-pyrrole nitrogens is 1. The first-order valence-electron chi connectivity index (χ1n) is 9.95. The minimum absolute atomic E-state index is 0.223. The number of aromatic amines is 1. The highest BCUT2D eigenvalue weighted by atomic mass is 35.5. The van der Waals surface area contributed by atoms with Crippen LogP contribution in [0.4, 0.5) is 0 Å². The predicted molar refractivity (Wildman–Crippen MR) is 126 cm³/mol. The van der Waals surface area contributed by atoms with E-state index in [-0.39, 0.29) is 5.91 Å². The van der Waals surface area contributed by atoms with Gasteiger partial charge in [0.2, 0.25) is 0 Å². The Labute approximate surface area is 195 Å². The van der Waals surface area contributed by atoms with E-state index >= 15 is 0 Å². The maximum absolute atomic E-state index is 12.3. The quantitative estimate of drug-likeness (QED) is 0.357. The largest absolute Gasteiger partial charge is 0.457 e. The van der Waals surface area contributed by atoms with E-state index in [1.54, 1.807) is 36.7 Å². The van der Waals surface area contributed by atoms with Gasteiger partial charge in [0.1, 0.15) is 17.2 Å². The molecule has 0 atom stereocenters. The molecule has 0 saturated heterocycles. The Morgan fingerprint density at radius 3 is 2.56 bits per heavy atom. The monoisotopic (exact) mass is 466 g/mol. The summed E-state index contributed by atoms with van der Waals surface area (Å²) in [5.74, 6) is 1.83. The molecule has 4 rings (SSSR count). The number of nitrogens with zero attached hydrogens (tertiary/aromatic N) is 2. The summed E-state index contributed by atoms with van der Waals surface area (Å²) in [7, 11) is 0. The number of carbonyl (C=O) groups excluding carboxylic acids is 1. The van der Waals surface area contributed by atoms with Crippen LogP contribution in [0.3, 0.4) is 0 Å². The lowest BCUT2D eigenvalue weighted by atomic mass is 10.1. The van der Waals surface area contributed by atoms with E-state index in [0.717, 1.165) is 11.3 Å². The van der Waals surface area contributed by atoms with Crippen LogP contribution in [-0.2, 0) is 6.42 Å². The van der Waals surface area contributed by atoms with Crippen LogP contribution in [0.1, 0.15) is 21.6 Å². The normalized spacial score (nSPS) is 10.7. The fourth-order valence-electron chi connectivity index (χ4n) is 3.15. The average molecular weight is 467 g/mol. The van der Waals surface area contributed by atoms with Crippen LogP contribution in [0.5, 0.6) is 11.5 Å². The van der Waals surface area contributed by atoms with Crippen LogP contribution in [0.2, 0.25) is 10.0 Å². The molecule has 2 N–H and O–H groups in total. The molecular weight excluding hydrogens is 447 g/mol. The molecular formula is C24H20Cl2N4O2. The molecule has 0 unspecified atom stereocenters. The summed E-state index contributed by atoms with van der Waals surface area (Å²) in [6.07, 6.45) is 4.09. The van der Waals surface area contributed by atoms with Crippen LogP contribution in [0.25, 0.3) is 11.5 Å². The summed E-state index contributed by atoms with van der Waals surface area (Å²) in [5, 5.41) is 3.73. The first kappa shape index (κ1) is 21.9. The van der Waals surface area contributed by atoms with Crippen molar-refractivity contribution in [3.63, 3.8) is 0 Å². The molecule has 8 heteroatoms. The fourth-order valence-corrected chi connectivity index (χ4v) is 3.68. The molecule has 4 aromatic rings. The number of hydrogen-bond acceptors (Lipinski definition) is 4. The van der Waals surface area contributed by atoms with Gasteiger partial charge in [-0.25, -0.2) is 4.98 Å². The molecule has 2 aromatic carbocycles. The van der Waals surface area contributed by atoms with Crippen molar-refractivity contribution in [2.24, 2.45) is 0 Å². The van der Waals surface area contributed by atoms with Crippen LogP contribution in [0, 0.1) is 6.92 Å². The third kappa shape index (κ3) is 5.66. The average Bonchev–Trinajstić information content (AvgIpc) is 3.20. The van der Waals surface area contributed by atoms with Gasteiger partial charge in [0.05, 0.1) is 0 Å². The van der Waals surface area contributed by atoms with Crippen molar-refractivity contribution >= 4 is 29.1 Å². The van der Waals surface area contributed by atoms with Gasteiger partial charge in [0.25, 0.3) is 5.91 Å². The molecule has 0 spiro atoms. The van der Waals surface area contributed by atoms with Gasteiger partial charge in [-0.05, 0) is 55.3 Å². The molecule has 162 valence electrons. The zero-order valence-electron chi connectivity index (χ0n) is 17.2. The summed E-state index contributed by atoms with van der Waals surface area (Å²) in [4.78, 5) is 24.1. The lowest BCUT2D eigenvalue weighted by Crippen LogP contribution is -2.25. The lowest BCUT2D eigenvalue weighted by Gasteiger charge is -2.09. The molecule has 0 fully saturated rings. The Bertz CT molecular complexity index is 1240. The predicted octanol–water partition coefficient (Wildman–Crippen LogP) is 5.85. The van der Waals surface area contributed by atoms with Gasteiger partial charge < -0.3 is 15.0 Å². The summed E-state index contributed by atoms with van der Waals surface area (Å²) in [6, 6.07) is 16.1. The van der Waals surface area contributed by atoms with Gasteiger partial charge in [-0.1, -0.05) is 35.3 Å². The lowest BCUT2D eigenvalue weighted by molar-refractivity contribution is 0.0954. The smallest absolute Gasteiger partial charge is 0.251 e. The van der Waals surface area contributed by atoms with E-state index < -0.39 is 0 Å². The number of pyridine rings is 1. The highest BCUT2D eigenvalue weighted by Gasteiger charge is 2.09. The molecule has 0 aliphatic rings. The van der Waals surface area contributed by atoms with E-state index in [2.05, 4.69) is 20.3 Å². The Hall–Kier alpha value is -3.35. The first-order chi connectivity index (χ1) is 15.5. The van der Waals surface area contributed by atoms with E-state index in [1.165, 1.54) is 0 Å². The number of hydrogen-bond donors (Lipinski definition) is 2. The summed E-state index contributed by atoms with van der Waals surface area (Å²) in [6.45, 7) is 2.40. The summed E-state index contributed by atoms with van der Waals surface area (Å²) >= 11 is 11.9. The standard InChI is InChI=1S/C24H20Cl2N4O2/c1-15-14-29-23(30-15)22-13-21(6-8-27-22)32-20-4-2-3-16(9-20)5-7-28-24(31)17-10-18(25)12-19(26)11-17/h2-4,6,8-14H,5,7H2,1H3,(H,28,31)(H,29,30). The van der Waals surface area contributed by atoms with Crippen molar-refractivity contribution < 1.29 is 9.53 Å². The van der Waals surface area contributed by atoms with Crippen molar-refractivity contribution in [2.75, 3.05) is 6.54 Å². The molecule has 1 amide bonds. The Morgan fingerprint density at radius 2 is 1.81 bits per heavy atom. The molecule has 2 heterocycles. The minimum atomic E-state index is -0.223.